The van der Waals surface area contributed by atoms with E-state index in [9.17, 15) is 4.39 Å². The Morgan fingerprint density at radius 2 is 2.00 bits per heavy atom. The summed E-state index contributed by atoms with van der Waals surface area (Å²) in [5.41, 5.74) is 4.63. The van der Waals surface area contributed by atoms with Crippen LogP contribution >= 0.6 is 0 Å². The number of anilines is 1. The lowest BCUT2D eigenvalue weighted by molar-refractivity contribution is -0.00946. The third-order valence-corrected chi connectivity index (χ3v) is 8.07. The van der Waals surface area contributed by atoms with Crippen molar-refractivity contribution in [1.29, 1.82) is 0 Å². The van der Waals surface area contributed by atoms with Crippen LogP contribution < -0.4 is 15.0 Å². The smallest absolute Gasteiger partial charge is 0.157 e. The molecule has 4 aromatic rings. The van der Waals surface area contributed by atoms with Gasteiger partial charge in [-0.15, -0.1) is 0 Å². The molecule has 0 radical (unpaired) electrons. The number of fused-ring (bicyclic) bond motifs is 3. The van der Waals surface area contributed by atoms with Crippen molar-refractivity contribution in [3.8, 4) is 17.0 Å². The van der Waals surface area contributed by atoms with Crippen molar-refractivity contribution < 1.29 is 9.13 Å². The summed E-state index contributed by atoms with van der Waals surface area (Å²) in [4.78, 5) is 22.6. The number of rotatable bonds is 6. The van der Waals surface area contributed by atoms with Crippen molar-refractivity contribution in [2.45, 2.75) is 31.5 Å². The maximum atomic E-state index is 14.5. The van der Waals surface area contributed by atoms with Gasteiger partial charge in [0.05, 0.1) is 12.8 Å². The number of nitrogens with zero attached hydrogens (tertiary/aromatic N) is 5. The molecule has 9 heteroatoms. The highest BCUT2D eigenvalue weighted by Crippen LogP contribution is 2.36. The Balaban J connectivity index is 1.08. The summed E-state index contributed by atoms with van der Waals surface area (Å²) in [5, 5.41) is 4.35. The van der Waals surface area contributed by atoms with Crippen LogP contribution in [0.2, 0.25) is 0 Å². The molecule has 2 bridgehead atoms. The second-order valence-electron chi connectivity index (χ2n) is 10.3. The van der Waals surface area contributed by atoms with Crippen LogP contribution in [0.25, 0.3) is 27.9 Å². The van der Waals surface area contributed by atoms with E-state index >= 15 is 0 Å². The number of piperidine rings is 1. The molecule has 3 fully saturated rings. The average molecular weight is 512 g/mol. The van der Waals surface area contributed by atoms with Crippen molar-refractivity contribution in [2.24, 2.45) is 0 Å². The SMILES string of the molecule is COc1ccc(CN2C3CC2CN(c2ccc(-c4nc(C5=CCNCC5)nc5[nH]ccc45)cn2)C3)c(F)c1. The van der Waals surface area contributed by atoms with E-state index < -0.39 is 0 Å². The van der Waals surface area contributed by atoms with Gasteiger partial charge in [0.2, 0.25) is 0 Å². The molecule has 2 unspecified atom stereocenters. The van der Waals surface area contributed by atoms with Crippen LogP contribution in [0.3, 0.4) is 0 Å². The van der Waals surface area contributed by atoms with Crippen molar-refractivity contribution in [3.63, 3.8) is 0 Å². The van der Waals surface area contributed by atoms with Gasteiger partial charge in [-0.25, -0.2) is 19.3 Å². The predicted octanol–water partition coefficient (Wildman–Crippen LogP) is 4.01. The van der Waals surface area contributed by atoms with Crippen LogP contribution in [-0.2, 0) is 6.54 Å². The van der Waals surface area contributed by atoms with Gasteiger partial charge < -0.3 is 19.9 Å². The normalized spacial score (nSPS) is 21.3. The van der Waals surface area contributed by atoms with E-state index in [1.54, 1.807) is 7.11 Å². The van der Waals surface area contributed by atoms with E-state index in [2.05, 4.69) is 38.3 Å². The first-order valence-electron chi connectivity index (χ1n) is 13.2. The molecule has 3 saturated heterocycles. The molecule has 4 aliphatic rings. The molecule has 7 heterocycles. The molecule has 2 N–H and O–H groups in total. The Labute approximate surface area is 220 Å². The fourth-order valence-electron chi connectivity index (χ4n) is 5.96. The molecule has 1 aromatic carbocycles. The topological polar surface area (TPSA) is 82.2 Å². The third kappa shape index (κ3) is 4.12. The number of pyridine rings is 1. The van der Waals surface area contributed by atoms with Crippen molar-refractivity contribution in [3.05, 3.63) is 72.1 Å². The van der Waals surface area contributed by atoms with Gasteiger partial charge in [-0.3, -0.25) is 4.90 Å². The summed E-state index contributed by atoms with van der Waals surface area (Å²) >= 11 is 0. The van der Waals surface area contributed by atoms with E-state index in [-0.39, 0.29) is 5.82 Å². The van der Waals surface area contributed by atoms with Gasteiger partial charge in [-0.2, -0.15) is 0 Å². The summed E-state index contributed by atoms with van der Waals surface area (Å²) in [5.74, 6) is 2.10. The van der Waals surface area contributed by atoms with E-state index in [1.165, 1.54) is 11.6 Å². The fraction of sp³-hybridized carbons (Fsp3) is 0.345. The number of hydrogen-bond donors (Lipinski definition) is 2. The van der Waals surface area contributed by atoms with Gasteiger partial charge in [-0.1, -0.05) is 12.1 Å². The van der Waals surface area contributed by atoms with Crippen molar-refractivity contribution in [1.82, 2.24) is 30.2 Å². The minimum atomic E-state index is -0.204. The Hall–Kier alpha value is -3.82. The number of ether oxygens (including phenoxy) is 1. The number of nitrogens with one attached hydrogen (secondary N) is 2. The van der Waals surface area contributed by atoms with Gasteiger partial charge in [0.1, 0.15) is 23.0 Å². The lowest BCUT2D eigenvalue weighted by Gasteiger charge is -2.56. The van der Waals surface area contributed by atoms with Gasteiger partial charge in [0, 0.05) is 73.2 Å². The van der Waals surface area contributed by atoms with Crippen LogP contribution in [-0.4, -0.2) is 70.2 Å². The molecular weight excluding hydrogens is 481 g/mol. The second kappa shape index (κ2) is 9.49. The largest absolute Gasteiger partial charge is 0.497 e. The zero-order valence-corrected chi connectivity index (χ0v) is 21.3. The maximum Gasteiger partial charge on any atom is 0.157 e. The van der Waals surface area contributed by atoms with Crippen LogP contribution in [0, 0.1) is 5.82 Å². The fourth-order valence-corrected chi connectivity index (χ4v) is 5.96. The Morgan fingerprint density at radius 1 is 1.11 bits per heavy atom. The zero-order valence-electron chi connectivity index (χ0n) is 21.3. The quantitative estimate of drug-likeness (QED) is 0.405. The number of aromatic amines is 1. The molecular formula is C29H30FN7O. The first-order chi connectivity index (χ1) is 18.7. The molecule has 8 nitrogen and oxygen atoms in total. The number of benzene rings is 1. The molecule has 194 valence electrons. The number of piperazine rings is 1. The second-order valence-corrected chi connectivity index (χ2v) is 10.3. The van der Waals surface area contributed by atoms with Crippen LogP contribution in [0.1, 0.15) is 24.2 Å². The molecule has 0 amide bonds. The van der Waals surface area contributed by atoms with Crippen LogP contribution in [0.15, 0.2) is 54.9 Å². The summed E-state index contributed by atoms with van der Waals surface area (Å²) in [6, 6.07) is 12.2. The first kappa shape index (κ1) is 23.3. The highest BCUT2D eigenvalue weighted by molar-refractivity contribution is 5.91. The van der Waals surface area contributed by atoms with Crippen LogP contribution in [0.5, 0.6) is 5.75 Å². The molecule has 0 saturated carbocycles. The summed E-state index contributed by atoms with van der Waals surface area (Å²) in [7, 11) is 1.56. The van der Waals surface area contributed by atoms with Gasteiger partial charge in [0.25, 0.3) is 0 Å². The molecule has 0 spiro atoms. The molecule has 0 aliphatic carbocycles. The van der Waals surface area contributed by atoms with Gasteiger partial charge in [-0.05, 0) is 49.2 Å². The Kier molecular flexibility index (Phi) is 5.82. The molecule has 4 aliphatic heterocycles. The van der Waals surface area contributed by atoms with Crippen molar-refractivity contribution >= 4 is 22.4 Å². The van der Waals surface area contributed by atoms with E-state index in [0.29, 0.717) is 24.4 Å². The predicted molar refractivity (Wildman–Crippen MR) is 145 cm³/mol. The van der Waals surface area contributed by atoms with E-state index in [1.807, 2.05) is 30.6 Å². The van der Waals surface area contributed by atoms with Gasteiger partial charge in [0.15, 0.2) is 5.82 Å². The summed E-state index contributed by atoms with van der Waals surface area (Å²) < 4.78 is 19.7. The van der Waals surface area contributed by atoms with Crippen LogP contribution in [0.4, 0.5) is 10.2 Å². The number of H-pyrrole nitrogens is 1. The highest BCUT2D eigenvalue weighted by Gasteiger charge is 2.44. The van der Waals surface area contributed by atoms with Gasteiger partial charge >= 0.3 is 0 Å². The molecule has 3 aromatic heterocycles. The number of methoxy groups -OCH3 is 1. The summed E-state index contributed by atoms with van der Waals surface area (Å²) in [6.07, 6.45) is 8.08. The minimum Gasteiger partial charge on any atom is -0.497 e. The number of aromatic nitrogens is 4. The van der Waals surface area contributed by atoms with E-state index in [0.717, 1.165) is 78.5 Å². The standard InChI is InChI=1S/C29H30FN7O/c1-38-23-4-2-20(25(30)13-23)15-37-21-12-22(37)17-36(16-21)26-5-3-19(14-33-26)27-24-8-11-32-29(24)35-28(34-27)18-6-9-31-10-7-18/h2-6,8,11,13-14,21-22,31H,7,9-10,12,15-17H2,1H3,(H,32,34,35). The summed E-state index contributed by atoms with van der Waals surface area (Å²) in [6.45, 7) is 4.19. The maximum absolute atomic E-state index is 14.5. The minimum absolute atomic E-state index is 0.204. The monoisotopic (exact) mass is 511 g/mol. The highest BCUT2D eigenvalue weighted by atomic mass is 19.1. The first-order valence-corrected chi connectivity index (χ1v) is 13.2. The average Bonchev–Trinajstić information content (AvgIpc) is 3.45. The Morgan fingerprint density at radius 3 is 2.74 bits per heavy atom. The van der Waals surface area contributed by atoms with Crippen molar-refractivity contribution in [2.75, 3.05) is 38.2 Å². The number of halogens is 1. The molecule has 8 rings (SSSR count). The third-order valence-electron chi connectivity index (χ3n) is 8.07. The number of hydrogen-bond acceptors (Lipinski definition) is 7. The lowest BCUT2D eigenvalue weighted by atomic mass is 9.86. The zero-order chi connectivity index (χ0) is 25.6. The Bertz CT molecular complexity index is 1500. The molecule has 2 atom stereocenters. The van der Waals surface area contributed by atoms with E-state index in [4.69, 9.17) is 19.7 Å². The molecule has 38 heavy (non-hydrogen) atoms. The lowest BCUT2D eigenvalue weighted by Crippen LogP contribution is -2.68.